The minimum atomic E-state index is -0.523. The highest BCUT2D eigenvalue weighted by molar-refractivity contribution is 6.12. The van der Waals surface area contributed by atoms with Crippen LogP contribution in [0.5, 0.6) is 0 Å². The van der Waals surface area contributed by atoms with Crippen molar-refractivity contribution in [2.24, 2.45) is 0 Å². The first-order valence-electron chi connectivity index (χ1n) is 16.4. The fourth-order valence-electron chi connectivity index (χ4n) is 8.19. The van der Waals surface area contributed by atoms with E-state index < -0.39 is 5.41 Å². The van der Waals surface area contributed by atoms with E-state index in [2.05, 4.69) is 166 Å². The lowest BCUT2D eigenvalue weighted by Crippen LogP contribution is -2.28. The summed E-state index contributed by atoms with van der Waals surface area (Å²) in [6, 6.07) is 55.5. The summed E-state index contributed by atoms with van der Waals surface area (Å²) in [7, 11) is 0. The van der Waals surface area contributed by atoms with E-state index >= 15 is 0 Å². The maximum absolute atomic E-state index is 4.42. The van der Waals surface area contributed by atoms with Gasteiger partial charge in [0.25, 0.3) is 0 Å². The highest BCUT2D eigenvalue weighted by atomic mass is 15.0. The van der Waals surface area contributed by atoms with Crippen LogP contribution in [0.2, 0.25) is 0 Å². The number of benzene rings is 6. The van der Waals surface area contributed by atoms with E-state index in [9.17, 15) is 0 Å². The van der Waals surface area contributed by atoms with Crippen molar-refractivity contribution in [1.29, 1.82) is 0 Å². The van der Waals surface area contributed by atoms with Crippen molar-refractivity contribution in [1.82, 2.24) is 14.5 Å². The lowest BCUT2D eigenvalue weighted by atomic mass is 9.68. The number of fused-ring (bicyclic) bond motifs is 7. The van der Waals surface area contributed by atoms with E-state index in [-0.39, 0.29) is 0 Å². The molecule has 3 heterocycles. The number of aromatic nitrogens is 3. The van der Waals surface area contributed by atoms with E-state index in [1.165, 1.54) is 77.1 Å². The maximum Gasteiger partial charge on any atom is 0.0716 e. The first-order valence-corrected chi connectivity index (χ1v) is 16.4. The summed E-state index contributed by atoms with van der Waals surface area (Å²) in [6.45, 7) is 0. The Hall–Kier alpha value is -6.32. The Morgan fingerprint density at radius 2 is 1.08 bits per heavy atom. The number of hydrogen-bond acceptors (Lipinski definition) is 2. The van der Waals surface area contributed by atoms with Crippen molar-refractivity contribution in [2.75, 3.05) is 0 Å². The average molecular weight is 612 g/mol. The van der Waals surface area contributed by atoms with Gasteiger partial charge in [-0.3, -0.25) is 9.97 Å². The monoisotopic (exact) mass is 611 g/mol. The zero-order valence-electron chi connectivity index (χ0n) is 26.1. The van der Waals surface area contributed by atoms with Gasteiger partial charge in [-0.05, 0) is 116 Å². The minimum Gasteiger partial charge on any atom is -0.309 e. The fourth-order valence-corrected chi connectivity index (χ4v) is 8.19. The van der Waals surface area contributed by atoms with E-state index in [0.29, 0.717) is 0 Å². The normalized spacial score (nSPS) is 13.2. The molecule has 0 atom stereocenters. The molecule has 0 fully saturated rings. The van der Waals surface area contributed by atoms with Gasteiger partial charge in [-0.1, -0.05) is 91.0 Å². The van der Waals surface area contributed by atoms with Gasteiger partial charge >= 0.3 is 0 Å². The zero-order valence-corrected chi connectivity index (χ0v) is 26.1. The molecular weight excluding hydrogens is 583 g/mol. The molecule has 9 aromatic rings. The highest BCUT2D eigenvalue weighted by Crippen LogP contribution is 2.57. The van der Waals surface area contributed by atoms with Gasteiger partial charge < -0.3 is 4.57 Å². The zero-order chi connectivity index (χ0) is 31.7. The lowest BCUT2D eigenvalue weighted by Gasteiger charge is -2.33. The molecule has 10 rings (SSSR count). The molecule has 0 radical (unpaired) electrons. The van der Waals surface area contributed by atoms with Crippen LogP contribution in [0.4, 0.5) is 0 Å². The van der Waals surface area contributed by atoms with E-state index in [0.717, 1.165) is 5.69 Å². The number of pyridine rings is 2. The molecule has 0 unspecified atom stereocenters. The Morgan fingerprint density at radius 3 is 1.88 bits per heavy atom. The molecule has 1 aliphatic rings. The van der Waals surface area contributed by atoms with Gasteiger partial charge in [-0.25, -0.2) is 0 Å². The highest BCUT2D eigenvalue weighted by Gasteiger charge is 2.46. The van der Waals surface area contributed by atoms with Crippen molar-refractivity contribution < 1.29 is 0 Å². The average Bonchev–Trinajstić information content (AvgIpc) is 3.64. The number of para-hydroxylation sites is 1. The van der Waals surface area contributed by atoms with Gasteiger partial charge in [0, 0.05) is 41.2 Å². The van der Waals surface area contributed by atoms with Gasteiger partial charge in [-0.2, -0.15) is 0 Å². The Balaban J connectivity index is 1.27. The third kappa shape index (κ3) is 3.76. The quantitative estimate of drug-likeness (QED) is 0.198. The van der Waals surface area contributed by atoms with Crippen LogP contribution in [0.15, 0.2) is 176 Å². The van der Waals surface area contributed by atoms with Crippen LogP contribution in [0.1, 0.15) is 22.3 Å². The second-order valence-electron chi connectivity index (χ2n) is 12.6. The first kappa shape index (κ1) is 26.9. The molecule has 0 aliphatic heterocycles. The topological polar surface area (TPSA) is 30.7 Å². The van der Waals surface area contributed by atoms with Gasteiger partial charge in [0.2, 0.25) is 0 Å². The summed E-state index contributed by atoms with van der Waals surface area (Å²) < 4.78 is 2.45. The maximum atomic E-state index is 4.42. The summed E-state index contributed by atoms with van der Waals surface area (Å²) in [6.07, 6.45) is 7.64. The predicted molar refractivity (Wildman–Crippen MR) is 197 cm³/mol. The molecular formula is C45H29N3. The second kappa shape index (κ2) is 10.3. The molecule has 6 aromatic carbocycles. The smallest absolute Gasteiger partial charge is 0.0716 e. The summed E-state index contributed by atoms with van der Waals surface area (Å²) in [5, 5.41) is 4.94. The summed E-state index contributed by atoms with van der Waals surface area (Å²) in [5.74, 6) is 0. The van der Waals surface area contributed by atoms with Crippen LogP contribution in [0.3, 0.4) is 0 Å². The number of rotatable bonds is 4. The largest absolute Gasteiger partial charge is 0.309 e. The van der Waals surface area contributed by atoms with E-state index in [1.807, 2.05) is 24.8 Å². The molecule has 48 heavy (non-hydrogen) atoms. The summed E-state index contributed by atoms with van der Waals surface area (Å²) in [4.78, 5) is 8.83. The van der Waals surface area contributed by atoms with Gasteiger partial charge in [-0.15, -0.1) is 0 Å². The third-order valence-corrected chi connectivity index (χ3v) is 10.3. The number of hydrogen-bond donors (Lipinski definition) is 0. The van der Waals surface area contributed by atoms with Crippen molar-refractivity contribution >= 4 is 32.6 Å². The van der Waals surface area contributed by atoms with Crippen LogP contribution in [0.25, 0.3) is 60.5 Å². The molecule has 224 valence electrons. The molecule has 0 bridgehead atoms. The van der Waals surface area contributed by atoms with E-state index in [4.69, 9.17) is 0 Å². The molecule has 0 saturated carbocycles. The Morgan fingerprint density at radius 1 is 0.417 bits per heavy atom. The first-order chi connectivity index (χ1) is 23.8. The van der Waals surface area contributed by atoms with Crippen molar-refractivity contribution in [2.45, 2.75) is 5.41 Å². The minimum absolute atomic E-state index is 0.523. The molecule has 0 N–H and O–H groups in total. The molecule has 3 heteroatoms. The van der Waals surface area contributed by atoms with Crippen LogP contribution in [-0.2, 0) is 5.41 Å². The standard InChI is InChI=1S/C45H29N3/c1-2-8-30(9-3-1)31-14-15-33-27-36(17-16-32(33)26-31)48-43-13-7-5-11-38(43)40-28-39-37-10-4-6-12-41(37)45(42(39)29-44(40)48,34-18-22-46-23-19-34)35-20-24-47-25-21-35/h1-29H. The predicted octanol–water partition coefficient (Wildman–Crippen LogP) is 10.8. The second-order valence-corrected chi connectivity index (χ2v) is 12.6. The summed E-state index contributed by atoms with van der Waals surface area (Å²) in [5.41, 5.74) is 12.9. The van der Waals surface area contributed by atoms with Gasteiger partial charge in [0.05, 0.1) is 16.4 Å². The molecule has 0 amide bonds. The molecule has 0 spiro atoms. The fraction of sp³-hybridized carbons (Fsp3) is 0.0222. The Labute approximate surface area is 278 Å². The lowest BCUT2D eigenvalue weighted by molar-refractivity contribution is 0.764. The molecule has 0 saturated heterocycles. The van der Waals surface area contributed by atoms with Crippen LogP contribution < -0.4 is 0 Å². The molecule has 1 aliphatic carbocycles. The number of nitrogens with zero attached hydrogens (tertiary/aromatic N) is 3. The molecule has 3 aromatic heterocycles. The third-order valence-electron chi connectivity index (χ3n) is 10.3. The van der Waals surface area contributed by atoms with Crippen LogP contribution in [0, 0.1) is 0 Å². The van der Waals surface area contributed by atoms with Gasteiger partial charge in [0.15, 0.2) is 0 Å². The Kier molecular flexibility index (Phi) is 5.79. The van der Waals surface area contributed by atoms with Crippen molar-refractivity contribution in [3.05, 3.63) is 199 Å². The van der Waals surface area contributed by atoms with E-state index in [1.54, 1.807) is 0 Å². The molecule has 3 nitrogen and oxygen atoms in total. The van der Waals surface area contributed by atoms with Crippen LogP contribution in [-0.4, -0.2) is 14.5 Å². The Bertz CT molecular complexity index is 2620. The van der Waals surface area contributed by atoms with Crippen molar-refractivity contribution in [3.8, 4) is 27.9 Å². The SMILES string of the molecule is c1ccc(-c2ccc3cc(-n4c5ccccc5c5cc6c(cc54)C(c4ccncc4)(c4ccncc4)c4ccccc4-6)ccc3c2)cc1. The summed E-state index contributed by atoms with van der Waals surface area (Å²) >= 11 is 0. The van der Waals surface area contributed by atoms with Crippen molar-refractivity contribution in [3.63, 3.8) is 0 Å². The van der Waals surface area contributed by atoms with Gasteiger partial charge in [0.1, 0.15) is 0 Å². The van der Waals surface area contributed by atoms with Crippen LogP contribution >= 0.6 is 0 Å².